The lowest BCUT2D eigenvalue weighted by atomic mass is 9.84. The lowest BCUT2D eigenvalue weighted by Crippen LogP contribution is -2.53. The Morgan fingerprint density at radius 3 is 2.34 bits per heavy atom. The van der Waals surface area contributed by atoms with E-state index in [0.717, 1.165) is 9.80 Å². The van der Waals surface area contributed by atoms with E-state index in [2.05, 4.69) is 5.32 Å². The standard InChI is InChI=1S/C19H28N4O6/c1-18(2)19(3,4)23(28)16(22(18)27)12-5-7-13(8-6-12)29-10-9-21-15(24)11-14(20)17(25)26/h5-8,14,27H,9-11,20H2,1-4H3,(H,21,24)(H,25,26)/t14-/m0/s1. The van der Waals surface area contributed by atoms with Crippen LogP contribution in [0.2, 0.25) is 0 Å². The van der Waals surface area contributed by atoms with Gasteiger partial charge in [0, 0.05) is 0 Å². The van der Waals surface area contributed by atoms with Crippen molar-refractivity contribution in [3.05, 3.63) is 35.0 Å². The van der Waals surface area contributed by atoms with Gasteiger partial charge in [-0.3, -0.25) is 14.3 Å². The number of rotatable bonds is 8. The molecule has 2 rings (SSSR count). The largest absolute Gasteiger partial charge is 0.714 e. The van der Waals surface area contributed by atoms with Crippen LogP contribution in [0.4, 0.5) is 0 Å². The van der Waals surface area contributed by atoms with Gasteiger partial charge in [0.2, 0.25) is 5.91 Å². The van der Waals surface area contributed by atoms with Crippen molar-refractivity contribution < 1.29 is 29.4 Å². The topological polar surface area (TPSA) is 151 Å². The molecule has 0 aliphatic carbocycles. The third-order valence-corrected chi connectivity index (χ3v) is 5.46. The second kappa shape index (κ2) is 8.26. The van der Waals surface area contributed by atoms with Gasteiger partial charge in [0.25, 0.3) is 0 Å². The van der Waals surface area contributed by atoms with E-state index < -0.39 is 29.0 Å². The average Bonchev–Trinajstić information content (AvgIpc) is 2.76. The molecule has 0 saturated heterocycles. The van der Waals surface area contributed by atoms with Crippen LogP contribution in [0.15, 0.2) is 24.3 Å². The number of carboxylic acid groups (broad SMARTS) is 1. The molecule has 0 spiro atoms. The molecule has 1 atom stereocenters. The van der Waals surface area contributed by atoms with Crippen LogP contribution in [0.3, 0.4) is 0 Å². The summed E-state index contributed by atoms with van der Waals surface area (Å²) in [5.74, 6) is -1.03. The molecule has 5 N–H and O–H groups in total. The van der Waals surface area contributed by atoms with Crippen LogP contribution in [0.5, 0.6) is 5.75 Å². The molecule has 1 aromatic rings. The maximum Gasteiger partial charge on any atom is 0.321 e. The minimum Gasteiger partial charge on any atom is -0.714 e. The minimum atomic E-state index is -1.24. The maximum absolute atomic E-state index is 12.7. The first-order valence-corrected chi connectivity index (χ1v) is 9.21. The Bertz CT molecular complexity index is 803. The molecule has 0 radical (unpaired) electrons. The molecule has 10 nitrogen and oxygen atoms in total. The van der Waals surface area contributed by atoms with Crippen molar-refractivity contribution in [2.75, 3.05) is 13.2 Å². The highest BCUT2D eigenvalue weighted by molar-refractivity contribution is 5.96. The summed E-state index contributed by atoms with van der Waals surface area (Å²) >= 11 is 0. The lowest BCUT2D eigenvalue weighted by molar-refractivity contribution is -0.539. The highest BCUT2D eigenvalue weighted by Crippen LogP contribution is 2.37. The molecule has 1 aliphatic heterocycles. The summed E-state index contributed by atoms with van der Waals surface area (Å²) < 4.78 is 6.33. The van der Waals surface area contributed by atoms with Gasteiger partial charge in [-0.25, -0.2) is 5.21 Å². The summed E-state index contributed by atoms with van der Waals surface area (Å²) in [6.45, 7) is 7.48. The summed E-state index contributed by atoms with van der Waals surface area (Å²) in [7, 11) is 0. The lowest BCUT2D eigenvalue weighted by Gasteiger charge is -2.33. The Labute approximate surface area is 169 Å². The Hall–Kier alpha value is -2.85. The predicted octanol–water partition coefficient (Wildman–Crippen LogP) is 0.503. The second-order valence-electron chi connectivity index (χ2n) is 7.92. The van der Waals surface area contributed by atoms with Gasteiger partial charge in [0.05, 0.1) is 18.5 Å². The zero-order valence-electron chi connectivity index (χ0n) is 17.0. The van der Waals surface area contributed by atoms with Gasteiger partial charge in [-0.05, 0) is 52.0 Å². The number of nitrogens with zero attached hydrogens (tertiary/aromatic N) is 2. The molecule has 10 heteroatoms. The number of aliphatic carboxylic acids is 1. The van der Waals surface area contributed by atoms with Crippen LogP contribution in [-0.4, -0.2) is 68.1 Å². The molecule has 29 heavy (non-hydrogen) atoms. The number of hydrogen-bond acceptors (Lipinski definition) is 7. The van der Waals surface area contributed by atoms with Gasteiger partial charge in [0.15, 0.2) is 5.54 Å². The second-order valence-corrected chi connectivity index (χ2v) is 7.92. The molecule has 1 amide bonds. The maximum atomic E-state index is 12.7. The van der Waals surface area contributed by atoms with Crippen molar-refractivity contribution in [3.63, 3.8) is 0 Å². The summed E-state index contributed by atoms with van der Waals surface area (Å²) in [5, 5.41) is 35.4. The van der Waals surface area contributed by atoms with Crippen molar-refractivity contribution >= 4 is 17.7 Å². The fourth-order valence-electron chi connectivity index (χ4n) is 2.78. The van der Waals surface area contributed by atoms with E-state index in [1.165, 1.54) is 0 Å². The van der Waals surface area contributed by atoms with Crippen LogP contribution in [0.1, 0.15) is 39.7 Å². The molecular formula is C19H28N4O6. The van der Waals surface area contributed by atoms with Gasteiger partial charge < -0.3 is 26.1 Å². The number of nitrogens with one attached hydrogen (secondary N) is 1. The number of ether oxygens (including phenoxy) is 1. The van der Waals surface area contributed by atoms with Crippen molar-refractivity contribution in [2.45, 2.75) is 51.2 Å². The van der Waals surface area contributed by atoms with Crippen molar-refractivity contribution in [1.29, 1.82) is 0 Å². The molecule has 1 aliphatic rings. The third kappa shape index (κ3) is 4.43. The normalized spacial score (nSPS) is 18.5. The number of nitrogens with two attached hydrogens (primary N) is 1. The number of carbonyl (C=O) groups excluding carboxylic acids is 1. The molecule has 0 saturated carbocycles. The SMILES string of the molecule is CC1(C)N(O)C(c2ccc(OCCNC(=O)C[C@H](N)C(=O)O)cc2)=[N+]([O-])C1(C)C. The molecule has 1 heterocycles. The van der Waals surface area contributed by atoms with Gasteiger partial charge in [-0.2, -0.15) is 0 Å². The van der Waals surface area contributed by atoms with Crippen LogP contribution in [-0.2, 0) is 9.59 Å². The van der Waals surface area contributed by atoms with Crippen LogP contribution in [0.25, 0.3) is 0 Å². The van der Waals surface area contributed by atoms with Crippen LogP contribution < -0.4 is 15.8 Å². The Balaban J connectivity index is 1.92. The first-order chi connectivity index (χ1) is 13.4. The number of carboxylic acids is 1. The van der Waals surface area contributed by atoms with E-state index in [-0.39, 0.29) is 25.4 Å². The Morgan fingerprint density at radius 1 is 1.28 bits per heavy atom. The number of carbonyl (C=O) groups is 2. The van der Waals surface area contributed by atoms with E-state index in [0.29, 0.717) is 11.3 Å². The van der Waals surface area contributed by atoms with Crippen molar-refractivity contribution in [2.24, 2.45) is 5.73 Å². The number of hydrogen-bond donors (Lipinski definition) is 4. The average molecular weight is 408 g/mol. The number of amides is 1. The van der Waals surface area contributed by atoms with E-state index >= 15 is 0 Å². The summed E-state index contributed by atoms with van der Waals surface area (Å²) in [6.07, 6.45) is -0.307. The quantitative estimate of drug-likeness (QED) is 0.276. The van der Waals surface area contributed by atoms with E-state index in [9.17, 15) is 20.0 Å². The zero-order valence-corrected chi connectivity index (χ0v) is 17.0. The molecule has 1 aromatic carbocycles. The number of amidine groups is 1. The summed E-state index contributed by atoms with van der Waals surface area (Å²) in [6, 6.07) is 5.41. The molecule has 160 valence electrons. The first-order valence-electron chi connectivity index (χ1n) is 9.21. The fourth-order valence-corrected chi connectivity index (χ4v) is 2.78. The zero-order chi connectivity index (χ0) is 22.0. The molecule has 0 aromatic heterocycles. The Kier molecular flexibility index (Phi) is 6.39. The first kappa shape index (κ1) is 22.4. The van der Waals surface area contributed by atoms with Gasteiger partial charge in [-0.15, -0.1) is 5.06 Å². The van der Waals surface area contributed by atoms with E-state index in [4.69, 9.17) is 15.6 Å². The molecule has 0 fully saturated rings. The molecular weight excluding hydrogens is 380 g/mol. The van der Waals surface area contributed by atoms with E-state index in [1.807, 2.05) is 0 Å². The van der Waals surface area contributed by atoms with Gasteiger partial charge in [0.1, 0.15) is 23.9 Å². The molecule has 0 unspecified atom stereocenters. The Morgan fingerprint density at radius 2 is 1.86 bits per heavy atom. The smallest absolute Gasteiger partial charge is 0.321 e. The van der Waals surface area contributed by atoms with Crippen molar-refractivity contribution in [3.8, 4) is 5.75 Å². The highest BCUT2D eigenvalue weighted by Gasteiger charge is 2.58. The number of benzene rings is 1. The van der Waals surface area contributed by atoms with E-state index in [1.54, 1.807) is 52.0 Å². The monoisotopic (exact) mass is 408 g/mol. The van der Waals surface area contributed by atoms with Crippen LogP contribution in [0, 0.1) is 5.21 Å². The number of hydroxylamine groups is 3. The highest BCUT2D eigenvalue weighted by atomic mass is 16.5. The summed E-state index contributed by atoms with van der Waals surface area (Å²) in [5.41, 5.74) is 4.23. The molecule has 0 bridgehead atoms. The van der Waals surface area contributed by atoms with Gasteiger partial charge in [-0.1, -0.05) is 0 Å². The predicted molar refractivity (Wildman–Crippen MR) is 105 cm³/mol. The third-order valence-electron chi connectivity index (χ3n) is 5.46. The summed E-state index contributed by atoms with van der Waals surface area (Å²) in [4.78, 5) is 22.2. The fraction of sp³-hybridized carbons (Fsp3) is 0.526. The van der Waals surface area contributed by atoms with Gasteiger partial charge >= 0.3 is 11.8 Å². The van der Waals surface area contributed by atoms with Crippen molar-refractivity contribution in [1.82, 2.24) is 10.4 Å². The minimum absolute atomic E-state index is 0.161. The van der Waals surface area contributed by atoms with Crippen LogP contribution >= 0.6 is 0 Å².